The summed E-state index contributed by atoms with van der Waals surface area (Å²) in [6.45, 7) is 10.5. The summed E-state index contributed by atoms with van der Waals surface area (Å²) in [6, 6.07) is 0. The molecule has 0 aliphatic heterocycles. The molecule has 2 aliphatic rings. The minimum atomic E-state index is 0.260. The van der Waals surface area contributed by atoms with Crippen molar-refractivity contribution in [1.82, 2.24) is 4.90 Å². The van der Waals surface area contributed by atoms with Gasteiger partial charge in [0.1, 0.15) is 0 Å². The van der Waals surface area contributed by atoms with Crippen molar-refractivity contribution in [3.05, 3.63) is 0 Å². The highest BCUT2D eigenvalue weighted by Crippen LogP contribution is 2.47. The van der Waals surface area contributed by atoms with Crippen LogP contribution in [0.15, 0.2) is 0 Å². The molecule has 0 aromatic rings. The molecule has 0 aromatic heterocycles. The molecule has 18 heavy (non-hydrogen) atoms. The van der Waals surface area contributed by atoms with Crippen molar-refractivity contribution in [1.29, 1.82) is 0 Å². The predicted octanol–water partition coefficient (Wildman–Crippen LogP) is 3.41. The van der Waals surface area contributed by atoms with Gasteiger partial charge in [-0.15, -0.1) is 0 Å². The predicted molar refractivity (Wildman–Crippen MR) is 78.6 cm³/mol. The van der Waals surface area contributed by atoms with Gasteiger partial charge in [0.25, 0.3) is 0 Å². The average Bonchev–Trinajstić information content (AvgIpc) is 2.29. The summed E-state index contributed by atoms with van der Waals surface area (Å²) in [5.41, 5.74) is 6.92. The normalized spacial score (nSPS) is 32.5. The number of hydrogen-bond donors (Lipinski definition) is 1. The molecule has 1 atom stereocenters. The van der Waals surface area contributed by atoms with E-state index in [2.05, 4.69) is 25.7 Å². The molecule has 0 amide bonds. The standard InChI is InChI=1S/C16H32N2/c1-4-18(12-14-8-7-9-14)16(13-17)11-6-5-10-15(16,2)3/h14H,4-13,17H2,1-3H3. The smallest absolute Gasteiger partial charge is 0.0382 e. The van der Waals surface area contributed by atoms with E-state index in [0.717, 1.165) is 19.0 Å². The zero-order chi connectivity index (χ0) is 13.2. The van der Waals surface area contributed by atoms with Gasteiger partial charge in [-0.1, -0.05) is 40.0 Å². The third kappa shape index (κ3) is 2.34. The highest BCUT2D eigenvalue weighted by molar-refractivity contribution is 5.05. The van der Waals surface area contributed by atoms with Crippen LogP contribution in [-0.4, -0.2) is 30.1 Å². The van der Waals surface area contributed by atoms with Crippen molar-refractivity contribution in [3.8, 4) is 0 Å². The van der Waals surface area contributed by atoms with E-state index in [-0.39, 0.29) is 5.54 Å². The van der Waals surface area contributed by atoms with Gasteiger partial charge < -0.3 is 5.73 Å². The molecular weight excluding hydrogens is 220 g/mol. The first-order valence-electron chi connectivity index (χ1n) is 8.01. The van der Waals surface area contributed by atoms with Gasteiger partial charge >= 0.3 is 0 Å². The number of rotatable bonds is 5. The second-order valence-electron chi connectivity index (χ2n) is 7.16. The summed E-state index contributed by atoms with van der Waals surface area (Å²) in [7, 11) is 0. The Hall–Kier alpha value is -0.0800. The van der Waals surface area contributed by atoms with E-state index in [1.807, 2.05) is 0 Å². The molecule has 0 aromatic carbocycles. The van der Waals surface area contributed by atoms with Crippen LogP contribution < -0.4 is 5.73 Å². The number of likely N-dealkylation sites (N-methyl/N-ethyl adjacent to an activating group) is 1. The Bertz CT molecular complexity index is 270. The molecule has 2 nitrogen and oxygen atoms in total. The maximum atomic E-state index is 6.28. The largest absolute Gasteiger partial charge is 0.329 e. The zero-order valence-corrected chi connectivity index (χ0v) is 12.7. The number of nitrogens with zero attached hydrogens (tertiary/aromatic N) is 1. The molecule has 0 heterocycles. The quantitative estimate of drug-likeness (QED) is 0.812. The molecule has 106 valence electrons. The van der Waals surface area contributed by atoms with Gasteiger partial charge in [-0.05, 0) is 43.6 Å². The van der Waals surface area contributed by atoms with Gasteiger partial charge in [0, 0.05) is 18.6 Å². The van der Waals surface area contributed by atoms with Crippen molar-refractivity contribution >= 4 is 0 Å². The Morgan fingerprint density at radius 2 is 1.78 bits per heavy atom. The van der Waals surface area contributed by atoms with Crippen LogP contribution in [0.5, 0.6) is 0 Å². The van der Waals surface area contributed by atoms with E-state index < -0.39 is 0 Å². The minimum absolute atomic E-state index is 0.260. The molecule has 2 aliphatic carbocycles. The summed E-state index contributed by atoms with van der Waals surface area (Å²) >= 11 is 0. The lowest BCUT2D eigenvalue weighted by Gasteiger charge is -2.57. The van der Waals surface area contributed by atoms with Gasteiger partial charge in [0.05, 0.1) is 0 Å². The van der Waals surface area contributed by atoms with Crippen molar-refractivity contribution in [3.63, 3.8) is 0 Å². The first-order chi connectivity index (χ1) is 8.55. The number of hydrogen-bond acceptors (Lipinski definition) is 2. The molecule has 0 saturated heterocycles. The van der Waals surface area contributed by atoms with E-state index in [0.29, 0.717) is 5.41 Å². The Morgan fingerprint density at radius 1 is 1.11 bits per heavy atom. The Balaban J connectivity index is 2.15. The highest BCUT2D eigenvalue weighted by atomic mass is 15.2. The van der Waals surface area contributed by atoms with Crippen LogP contribution in [0.4, 0.5) is 0 Å². The SMILES string of the molecule is CCN(CC1CCC1)C1(CN)CCCCC1(C)C. The summed E-state index contributed by atoms with van der Waals surface area (Å²) in [5, 5.41) is 0. The van der Waals surface area contributed by atoms with Gasteiger partial charge in [-0.3, -0.25) is 4.90 Å². The van der Waals surface area contributed by atoms with E-state index in [1.54, 1.807) is 0 Å². The van der Waals surface area contributed by atoms with Crippen molar-refractivity contribution < 1.29 is 0 Å². The van der Waals surface area contributed by atoms with Crippen LogP contribution in [0, 0.1) is 11.3 Å². The molecule has 1 unspecified atom stereocenters. The Morgan fingerprint density at radius 3 is 2.22 bits per heavy atom. The second-order valence-corrected chi connectivity index (χ2v) is 7.16. The summed E-state index contributed by atoms with van der Waals surface area (Å²) in [5.74, 6) is 0.950. The van der Waals surface area contributed by atoms with E-state index in [4.69, 9.17) is 5.73 Å². The Labute approximate surface area is 113 Å². The molecule has 2 heteroatoms. The van der Waals surface area contributed by atoms with E-state index in [1.165, 1.54) is 51.5 Å². The third-order valence-electron chi connectivity index (χ3n) is 5.93. The molecule has 2 N–H and O–H groups in total. The lowest BCUT2D eigenvalue weighted by molar-refractivity contribution is -0.0540. The average molecular weight is 252 g/mol. The molecule has 2 fully saturated rings. The van der Waals surface area contributed by atoms with Crippen molar-refractivity contribution in [2.75, 3.05) is 19.6 Å². The fraction of sp³-hybridized carbons (Fsp3) is 1.00. The number of nitrogens with two attached hydrogens (primary N) is 1. The Kier molecular flexibility index (Phi) is 4.38. The van der Waals surface area contributed by atoms with Crippen LogP contribution in [0.3, 0.4) is 0 Å². The first-order valence-corrected chi connectivity index (χ1v) is 8.01. The molecule has 0 radical (unpaired) electrons. The summed E-state index contributed by atoms with van der Waals surface area (Å²) in [4.78, 5) is 2.75. The minimum Gasteiger partial charge on any atom is -0.329 e. The van der Waals surface area contributed by atoms with Crippen LogP contribution in [0.25, 0.3) is 0 Å². The summed E-state index contributed by atoms with van der Waals surface area (Å²) < 4.78 is 0. The maximum absolute atomic E-state index is 6.28. The van der Waals surface area contributed by atoms with Crippen LogP contribution in [-0.2, 0) is 0 Å². The van der Waals surface area contributed by atoms with Crippen molar-refractivity contribution in [2.24, 2.45) is 17.1 Å². The van der Waals surface area contributed by atoms with Gasteiger partial charge in [0.2, 0.25) is 0 Å². The van der Waals surface area contributed by atoms with E-state index in [9.17, 15) is 0 Å². The fourth-order valence-electron chi connectivity index (χ4n) is 4.24. The van der Waals surface area contributed by atoms with Crippen molar-refractivity contribution in [2.45, 2.75) is 71.3 Å². The molecule has 0 spiro atoms. The lowest BCUT2D eigenvalue weighted by atomic mass is 9.61. The first kappa shape index (κ1) is 14.3. The highest BCUT2D eigenvalue weighted by Gasteiger charge is 2.49. The third-order valence-corrected chi connectivity index (χ3v) is 5.93. The van der Waals surface area contributed by atoms with Gasteiger partial charge in [-0.25, -0.2) is 0 Å². The molecule has 2 saturated carbocycles. The lowest BCUT2D eigenvalue weighted by Crippen LogP contribution is -2.64. The second kappa shape index (κ2) is 5.50. The van der Waals surface area contributed by atoms with Gasteiger partial charge in [-0.2, -0.15) is 0 Å². The zero-order valence-electron chi connectivity index (χ0n) is 12.7. The molecule has 0 bridgehead atoms. The van der Waals surface area contributed by atoms with Crippen LogP contribution in [0.2, 0.25) is 0 Å². The van der Waals surface area contributed by atoms with Crippen LogP contribution >= 0.6 is 0 Å². The summed E-state index contributed by atoms with van der Waals surface area (Å²) in [6.07, 6.45) is 9.72. The van der Waals surface area contributed by atoms with Gasteiger partial charge in [0.15, 0.2) is 0 Å². The molecular formula is C16H32N2. The van der Waals surface area contributed by atoms with Crippen LogP contribution in [0.1, 0.15) is 65.7 Å². The monoisotopic (exact) mass is 252 g/mol. The fourth-order valence-corrected chi connectivity index (χ4v) is 4.24. The maximum Gasteiger partial charge on any atom is 0.0382 e. The van der Waals surface area contributed by atoms with E-state index >= 15 is 0 Å². The topological polar surface area (TPSA) is 29.3 Å². The molecule has 2 rings (SSSR count).